The van der Waals surface area contributed by atoms with E-state index in [4.69, 9.17) is 28.2 Å². The number of fused-ring (bicyclic) bond motifs is 1. The average Bonchev–Trinajstić information content (AvgIpc) is 2.54. The van der Waals surface area contributed by atoms with Crippen LogP contribution >= 0.6 is 23.8 Å². The molecular weight excluding hydrogens is 360 g/mol. The van der Waals surface area contributed by atoms with E-state index in [1.807, 2.05) is 12.1 Å². The molecule has 0 unspecified atom stereocenters. The van der Waals surface area contributed by atoms with E-state index in [0.717, 1.165) is 5.39 Å². The molecule has 2 aromatic carbocycles. The second-order valence-corrected chi connectivity index (χ2v) is 6.13. The molecule has 0 saturated carbocycles. The number of para-hydroxylation sites is 1. The van der Waals surface area contributed by atoms with Crippen molar-refractivity contribution in [1.29, 1.82) is 0 Å². The fourth-order valence-electron chi connectivity index (χ4n) is 2.38. The summed E-state index contributed by atoms with van der Waals surface area (Å²) in [6, 6.07) is 14.0. The minimum absolute atomic E-state index is 0.168. The van der Waals surface area contributed by atoms with Crippen molar-refractivity contribution < 1.29 is 9.21 Å². The first-order valence-electron chi connectivity index (χ1n) is 7.35. The van der Waals surface area contributed by atoms with Crippen LogP contribution in [0.15, 0.2) is 57.7 Å². The lowest BCUT2D eigenvalue weighted by atomic mass is 10.1. The fraction of sp³-hybridized carbons (Fsp3) is 0.0556. The largest absolute Gasteiger partial charge is 0.422 e. The number of carbonyl (C=O) groups is 1. The van der Waals surface area contributed by atoms with Gasteiger partial charge in [0.15, 0.2) is 5.11 Å². The minimum Gasteiger partial charge on any atom is -0.422 e. The van der Waals surface area contributed by atoms with Gasteiger partial charge < -0.3 is 15.1 Å². The number of rotatable bonds is 2. The standard InChI is InChI=1S/C18H13ClN2O3S/c1-10(22)20-18(25)21-12-6-7-13(15(19)9-12)14-8-11-4-2-3-5-16(11)24-17(14)23/h2-9H,1H3,(H2,20,21,22,25). The van der Waals surface area contributed by atoms with Gasteiger partial charge in [0.25, 0.3) is 0 Å². The molecule has 0 spiro atoms. The van der Waals surface area contributed by atoms with Crippen molar-refractivity contribution in [3.05, 3.63) is 64.0 Å². The molecule has 0 saturated heterocycles. The number of carbonyl (C=O) groups excluding carboxylic acids is 1. The molecule has 5 nitrogen and oxygen atoms in total. The molecule has 1 amide bonds. The van der Waals surface area contributed by atoms with E-state index in [9.17, 15) is 9.59 Å². The summed E-state index contributed by atoms with van der Waals surface area (Å²) in [5, 5.41) is 6.65. The van der Waals surface area contributed by atoms with Gasteiger partial charge in [-0.2, -0.15) is 0 Å². The summed E-state index contributed by atoms with van der Waals surface area (Å²) in [4.78, 5) is 23.2. The smallest absolute Gasteiger partial charge is 0.344 e. The van der Waals surface area contributed by atoms with Gasteiger partial charge >= 0.3 is 5.63 Å². The molecule has 0 radical (unpaired) electrons. The van der Waals surface area contributed by atoms with Crippen LogP contribution in [0.3, 0.4) is 0 Å². The molecular formula is C18H13ClN2O3S. The Bertz CT molecular complexity index is 1050. The van der Waals surface area contributed by atoms with Crippen molar-refractivity contribution in [3.63, 3.8) is 0 Å². The van der Waals surface area contributed by atoms with Crippen LogP contribution in [-0.2, 0) is 4.79 Å². The van der Waals surface area contributed by atoms with E-state index in [-0.39, 0.29) is 11.0 Å². The van der Waals surface area contributed by atoms with E-state index in [0.29, 0.717) is 27.4 Å². The van der Waals surface area contributed by atoms with Gasteiger partial charge in [0.05, 0.1) is 10.6 Å². The summed E-state index contributed by atoms with van der Waals surface area (Å²) in [5.41, 5.74) is 1.58. The monoisotopic (exact) mass is 372 g/mol. The number of hydrogen-bond acceptors (Lipinski definition) is 4. The summed E-state index contributed by atoms with van der Waals surface area (Å²) in [6.07, 6.45) is 0. The molecule has 0 aliphatic heterocycles. The Kier molecular flexibility index (Phi) is 4.83. The summed E-state index contributed by atoms with van der Waals surface area (Å²) in [5.74, 6) is -0.269. The van der Waals surface area contributed by atoms with Gasteiger partial charge in [-0.15, -0.1) is 0 Å². The van der Waals surface area contributed by atoms with E-state index in [1.165, 1.54) is 6.92 Å². The Morgan fingerprint density at radius 1 is 1.12 bits per heavy atom. The summed E-state index contributed by atoms with van der Waals surface area (Å²) in [6.45, 7) is 1.36. The molecule has 0 atom stereocenters. The number of anilines is 1. The van der Waals surface area contributed by atoms with Crippen LogP contribution in [0.2, 0.25) is 5.02 Å². The normalized spacial score (nSPS) is 10.5. The third-order valence-electron chi connectivity index (χ3n) is 3.45. The quantitative estimate of drug-likeness (QED) is 0.526. The molecule has 1 aromatic heterocycles. The molecule has 0 fully saturated rings. The van der Waals surface area contributed by atoms with Crippen LogP contribution < -0.4 is 16.3 Å². The maximum absolute atomic E-state index is 12.3. The molecule has 126 valence electrons. The van der Waals surface area contributed by atoms with Crippen molar-refractivity contribution in [2.75, 3.05) is 5.32 Å². The zero-order valence-electron chi connectivity index (χ0n) is 13.1. The van der Waals surface area contributed by atoms with E-state index >= 15 is 0 Å². The number of amides is 1. The van der Waals surface area contributed by atoms with Crippen LogP contribution in [0, 0.1) is 0 Å². The molecule has 1 heterocycles. The molecule has 0 bridgehead atoms. The maximum atomic E-state index is 12.3. The average molecular weight is 373 g/mol. The van der Waals surface area contributed by atoms with Crippen molar-refractivity contribution in [2.45, 2.75) is 6.92 Å². The van der Waals surface area contributed by atoms with Gasteiger partial charge in [-0.1, -0.05) is 35.9 Å². The Balaban J connectivity index is 1.96. The predicted molar refractivity (Wildman–Crippen MR) is 103 cm³/mol. The van der Waals surface area contributed by atoms with Gasteiger partial charge in [0, 0.05) is 23.6 Å². The highest BCUT2D eigenvalue weighted by atomic mass is 35.5. The fourth-order valence-corrected chi connectivity index (χ4v) is 2.93. The lowest BCUT2D eigenvalue weighted by molar-refractivity contribution is -0.117. The Hall–Kier alpha value is -2.70. The van der Waals surface area contributed by atoms with E-state index in [1.54, 1.807) is 36.4 Å². The SMILES string of the molecule is CC(=O)NC(=S)Nc1ccc(-c2cc3ccccc3oc2=O)c(Cl)c1. The number of benzene rings is 2. The topological polar surface area (TPSA) is 71.3 Å². The summed E-state index contributed by atoms with van der Waals surface area (Å²) >= 11 is 11.3. The Labute approximate surface area is 153 Å². The highest BCUT2D eigenvalue weighted by Gasteiger charge is 2.12. The van der Waals surface area contributed by atoms with Crippen molar-refractivity contribution in [1.82, 2.24) is 5.32 Å². The number of halogens is 1. The van der Waals surface area contributed by atoms with Crippen LogP contribution in [0.4, 0.5) is 5.69 Å². The third kappa shape index (κ3) is 3.87. The van der Waals surface area contributed by atoms with Crippen molar-refractivity contribution in [3.8, 4) is 11.1 Å². The molecule has 2 N–H and O–H groups in total. The molecule has 0 aliphatic carbocycles. The maximum Gasteiger partial charge on any atom is 0.344 e. The van der Waals surface area contributed by atoms with Crippen LogP contribution in [0.5, 0.6) is 0 Å². The number of thiocarbonyl (C=S) groups is 1. The second-order valence-electron chi connectivity index (χ2n) is 5.32. The third-order valence-corrected chi connectivity index (χ3v) is 3.96. The van der Waals surface area contributed by atoms with Crippen LogP contribution in [0.1, 0.15) is 6.92 Å². The molecule has 25 heavy (non-hydrogen) atoms. The summed E-state index contributed by atoms with van der Waals surface area (Å²) in [7, 11) is 0. The second kappa shape index (κ2) is 7.04. The van der Waals surface area contributed by atoms with Gasteiger partial charge in [-0.3, -0.25) is 4.79 Å². The predicted octanol–water partition coefficient (Wildman–Crippen LogP) is 3.95. The van der Waals surface area contributed by atoms with Gasteiger partial charge in [-0.05, 0) is 36.5 Å². The molecule has 7 heteroatoms. The summed E-state index contributed by atoms with van der Waals surface area (Å²) < 4.78 is 5.34. The zero-order valence-corrected chi connectivity index (χ0v) is 14.7. The Morgan fingerprint density at radius 3 is 2.60 bits per heavy atom. The van der Waals surface area contributed by atoms with Crippen LogP contribution in [0.25, 0.3) is 22.1 Å². The van der Waals surface area contributed by atoms with Crippen molar-refractivity contribution in [2.24, 2.45) is 0 Å². The molecule has 3 rings (SSSR count). The van der Waals surface area contributed by atoms with Crippen LogP contribution in [-0.4, -0.2) is 11.0 Å². The lowest BCUT2D eigenvalue weighted by Crippen LogP contribution is -2.32. The lowest BCUT2D eigenvalue weighted by Gasteiger charge is -2.10. The molecule has 3 aromatic rings. The van der Waals surface area contributed by atoms with Crippen molar-refractivity contribution >= 4 is 51.5 Å². The first-order valence-corrected chi connectivity index (χ1v) is 8.14. The van der Waals surface area contributed by atoms with E-state index < -0.39 is 5.63 Å². The van der Waals surface area contributed by atoms with E-state index in [2.05, 4.69) is 10.6 Å². The minimum atomic E-state index is -0.463. The van der Waals surface area contributed by atoms with Gasteiger partial charge in [0.2, 0.25) is 5.91 Å². The molecule has 0 aliphatic rings. The highest BCUT2D eigenvalue weighted by Crippen LogP contribution is 2.30. The van der Waals surface area contributed by atoms with Gasteiger partial charge in [0.1, 0.15) is 5.58 Å². The Morgan fingerprint density at radius 2 is 1.88 bits per heavy atom. The number of hydrogen-bond donors (Lipinski definition) is 2. The number of nitrogens with one attached hydrogen (secondary N) is 2. The first-order chi connectivity index (χ1) is 11.9. The van der Waals surface area contributed by atoms with Gasteiger partial charge in [-0.25, -0.2) is 4.79 Å². The highest BCUT2D eigenvalue weighted by molar-refractivity contribution is 7.80. The zero-order chi connectivity index (χ0) is 18.0. The first kappa shape index (κ1) is 17.1.